The van der Waals surface area contributed by atoms with E-state index in [1.54, 1.807) is 20.8 Å². The van der Waals surface area contributed by atoms with Gasteiger partial charge in [0.2, 0.25) is 5.91 Å². The zero-order valence-corrected chi connectivity index (χ0v) is 9.07. The van der Waals surface area contributed by atoms with Crippen LogP contribution in [-0.4, -0.2) is 34.0 Å². The maximum Gasteiger partial charge on any atom is 0.330 e. The third kappa shape index (κ3) is 2.87. The second-order valence-corrected chi connectivity index (χ2v) is 3.61. The van der Waals surface area contributed by atoms with Crippen LogP contribution in [0.4, 0.5) is 0 Å². The van der Waals surface area contributed by atoms with Crippen molar-refractivity contribution >= 4 is 11.9 Å². The van der Waals surface area contributed by atoms with E-state index >= 15 is 0 Å². The molecule has 0 aromatic rings. The van der Waals surface area contributed by atoms with Crippen molar-refractivity contribution in [2.45, 2.75) is 39.8 Å². The van der Waals surface area contributed by atoms with E-state index in [1.165, 1.54) is 11.8 Å². The molecule has 0 saturated heterocycles. The van der Waals surface area contributed by atoms with Gasteiger partial charge >= 0.3 is 5.97 Å². The van der Waals surface area contributed by atoms with Gasteiger partial charge in [0.05, 0.1) is 0 Å². The van der Waals surface area contributed by atoms with E-state index in [0.717, 1.165) is 0 Å². The Morgan fingerprint density at radius 2 is 1.71 bits per heavy atom. The molecule has 0 rings (SSSR count). The van der Waals surface area contributed by atoms with Crippen molar-refractivity contribution < 1.29 is 14.7 Å². The average Bonchev–Trinajstić information content (AvgIpc) is 1.96. The van der Waals surface area contributed by atoms with Gasteiger partial charge in [-0.1, -0.05) is 6.58 Å². The number of hydrogen-bond donors (Lipinski definition) is 1. The average molecular weight is 199 g/mol. The van der Waals surface area contributed by atoms with Crippen LogP contribution in [0, 0.1) is 0 Å². The molecule has 1 unspecified atom stereocenters. The van der Waals surface area contributed by atoms with Crippen molar-refractivity contribution in [2.24, 2.45) is 0 Å². The molecule has 80 valence electrons. The molecule has 0 aliphatic rings. The third-order valence-corrected chi connectivity index (χ3v) is 1.90. The SMILES string of the molecule is C=C(C)C(C(=O)O)N(C(C)=O)C(C)C. The molecule has 0 heterocycles. The summed E-state index contributed by atoms with van der Waals surface area (Å²) in [5.41, 5.74) is 0.460. The Hall–Kier alpha value is -1.32. The number of carbonyl (C=O) groups excluding carboxylic acids is 1. The molecule has 0 aromatic carbocycles. The van der Waals surface area contributed by atoms with Crippen molar-refractivity contribution in [3.63, 3.8) is 0 Å². The molecule has 1 amide bonds. The lowest BCUT2D eigenvalue weighted by molar-refractivity contribution is -0.149. The van der Waals surface area contributed by atoms with Gasteiger partial charge in [-0.15, -0.1) is 0 Å². The van der Waals surface area contributed by atoms with Crippen LogP contribution in [0.3, 0.4) is 0 Å². The number of amides is 1. The molecule has 0 aliphatic carbocycles. The van der Waals surface area contributed by atoms with Crippen LogP contribution in [0.2, 0.25) is 0 Å². The monoisotopic (exact) mass is 199 g/mol. The summed E-state index contributed by atoms with van der Waals surface area (Å²) in [7, 11) is 0. The number of rotatable bonds is 4. The number of aliphatic carboxylic acids is 1. The lowest BCUT2D eigenvalue weighted by atomic mass is 10.1. The fraction of sp³-hybridized carbons (Fsp3) is 0.600. The Kier molecular flexibility index (Phi) is 4.34. The van der Waals surface area contributed by atoms with Crippen molar-refractivity contribution in [3.05, 3.63) is 12.2 Å². The summed E-state index contributed by atoms with van der Waals surface area (Å²) in [5, 5.41) is 8.96. The molecule has 14 heavy (non-hydrogen) atoms. The molecule has 0 aromatic heterocycles. The summed E-state index contributed by atoms with van der Waals surface area (Å²) in [6.07, 6.45) is 0. The van der Waals surface area contributed by atoms with E-state index in [4.69, 9.17) is 5.11 Å². The van der Waals surface area contributed by atoms with Crippen molar-refractivity contribution in [2.75, 3.05) is 0 Å². The maximum atomic E-state index is 11.3. The van der Waals surface area contributed by atoms with E-state index in [-0.39, 0.29) is 11.9 Å². The van der Waals surface area contributed by atoms with Crippen LogP contribution in [0.25, 0.3) is 0 Å². The van der Waals surface area contributed by atoms with Gasteiger partial charge in [-0.2, -0.15) is 0 Å². The second-order valence-electron chi connectivity index (χ2n) is 3.61. The molecule has 4 heteroatoms. The summed E-state index contributed by atoms with van der Waals surface area (Å²) in [6, 6.07) is -1.07. The highest BCUT2D eigenvalue weighted by Gasteiger charge is 2.29. The Balaban J connectivity index is 5.03. The molecule has 1 N–H and O–H groups in total. The zero-order valence-electron chi connectivity index (χ0n) is 9.07. The highest BCUT2D eigenvalue weighted by Crippen LogP contribution is 2.13. The Morgan fingerprint density at radius 1 is 1.29 bits per heavy atom. The summed E-state index contributed by atoms with van der Waals surface area (Å²) < 4.78 is 0. The molecular formula is C10H17NO3. The molecule has 0 fully saturated rings. The Morgan fingerprint density at radius 3 is 1.79 bits per heavy atom. The lowest BCUT2D eigenvalue weighted by Crippen LogP contribution is -2.48. The Labute approximate surface area is 84.2 Å². The van der Waals surface area contributed by atoms with E-state index in [1.807, 2.05) is 0 Å². The second kappa shape index (κ2) is 4.79. The summed E-state index contributed by atoms with van der Waals surface area (Å²) in [6.45, 7) is 10.1. The van der Waals surface area contributed by atoms with E-state index in [0.29, 0.717) is 5.57 Å². The number of carboxylic acid groups (broad SMARTS) is 1. The fourth-order valence-corrected chi connectivity index (χ4v) is 1.41. The number of hydrogen-bond acceptors (Lipinski definition) is 2. The first kappa shape index (κ1) is 12.7. The van der Waals surface area contributed by atoms with Gasteiger partial charge in [-0.25, -0.2) is 4.79 Å². The topological polar surface area (TPSA) is 57.6 Å². The predicted molar refractivity (Wildman–Crippen MR) is 53.9 cm³/mol. The summed E-state index contributed by atoms with van der Waals surface area (Å²) >= 11 is 0. The summed E-state index contributed by atoms with van der Waals surface area (Å²) in [5.74, 6) is -1.29. The first-order valence-corrected chi connectivity index (χ1v) is 4.46. The van der Waals surface area contributed by atoms with Gasteiger partial charge in [0, 0.05) is 13.0 Å². The molecule has 0 bridgehead atoms. The molecular weight excluding hydrogens is 182 g/mol. The van der Waals surface area contributed by atoms with Crippen LogP contribution < -0.4 is 0 Å². The number of carboxylic acids is 1. The molecule has 0 saturated carbocycles. The smallest absolute Gasteiger partial charge is 0.330 e. The van der Waals surface area contributed by atoms with Gasteiger partial charge in [-0.05, 0) is 26.3 Å². The standard InChI is InChI=1S/C10H17NO3/c1-6(2)9(10(13)14)11(7(3)4)8(5)12/h7,9H,1H2,2-5H3,(H,13,14). The van der Waals surface area contributed by atoms with Crippen molar-refractivity contribution in [1.29, 1.82) is 0 Å². The van der Waals surface area contributed by atoms with Crippen LogP contribution >= 0.6 is 0 Å². The highest BCUT2D eigenvalue weighted by atomic mass is 16.4. The maximum absolute atomic E-state index is 11.3. The lowest BCUT2D eigenvalue weighted by Gasteiger charge is -2.31. The van der Waals surface area contributed by atoms with Gasteiger partial charge in [0.15, 0.2) is 6.04 Å². The summed E-state index contributed by atoms with van der Waals surface area (Å²) in [4.78, 5) is 23.5. The van der Waals surface area contributed by atoms with Crippen LogP contribution in [-0.2, 0) is 9.59 Å². The third-order valence-electron chi connectivity index (χ3n) is 1.90. The fourth-order valence-electron chi connectivity index (χ4n) is 1.41. The number of nitrogens with zero attached hydrogens (tertiary/aromatic N) is 1. The van der Waals surface area contributed by atoms with Gasteiger partial charge in [0.1, 0.15) is 0 Å². The van der Waals surface area contributed by atoms with Crippen LogP contribution in [0.5, 0.6) is 0 Å². The molecule has 4 nitrogen and oxygen atoms in total. The van der Waals surface area contributed by atoms with Crippen molar-refractivity contribution in [1.82, 2.24) is 4.90 Å². The van der Waals surface area contributed by atoms with E-state index < -0.39 is 12.0 Å². The minimum absolute atomic E-state index is 0.148. The first-order chi connectivity index (χ1) is 6.29. The normalized spacial score (nSPS) is 12.4. The van der Waals surface area contributed by atoms with E-state index in [2.05, 4.69) is 6.58 Å². The van der Waals surface area contributed by atoms with Gasteiger partial charge < -0.3 is 10.0 Å². The molecule has 1 atom stereocenters. The molecule has 0 aliphatic heterocycles. The van der Waals surface area contributed by atoms with Gasteiger partial charge in [0.25, 0.3) is 0 Å². The predicted octanol–water partition coefficient (Wildman–Crippen LogP) is 1.27. The van der Waals surface area contributed by atoms with Gasteiger partial charge in [-0.3, -0.25) is 4.79 Å². The quantitative estimate of drug-likeness (QED) is 0.694. The highest BCUT2D eigenvalue weighted by molar-refractivity contribution is 5.84. The van der Waals surface area contributed by atoms with Crippen LogP contribution in [0.1, 0.15) is 27.7 Å². The zero-order chi connectivity index (χ0) is 11.5. The molecule has 0 spiro atoms. The Bertz CT molecular complexity index is 244. The molecule has 0 radical (unpaired) electrons. The number of carbonyl (C=O) groups is 2. The minimum Gasteiger partial charge on any atom is -0.479 e. The van der Waals surface area contributed by atoms with E-state index in [9.17, 15) is 9.59 Å². The van der Waals surface area contributed by atoms with Crippen molar-refractivity contribution in [3.8, 4) is 0 Å². The minimum atomic E-state index is -1.04. The first-order valence-electron chi connectivity index (χ1n) is 4.46. The largest absolute Gasteiger partial charge is 0.479 e. The van der Waals surface area contributed by atoms with Crippen LogP contribution in [0.15, 0.2) is 12.2 Å².